The third-order valence-electron chi connectivity index (χ3n) is 3.95. The van der Waals surface area contributed by atoms with Crippen LogP contribution < -0.4 is 5.32 Å². The van der Waals surface area contributed by atoms with Crippen molar-refractivity contribution in [3.63, 3.8) is 0 Å². The summed E-state index contributed by atoms with van der Waals surface area (Å²) in [5.74, 6) is 1.36. The van der Waals surface area contributed by atoms with Crippen LogP contribution in [0.5, 0.6) is 0 Å². The maximum Gasteiger partial charge on any atom is 0.0595 e. The van der Waals surface area contributed by atoms with E-state index in [1.54, 1.807) is 0 Å². The van der Waals surface area contributed by atoms with Crippen molar-refractivity contribution in [3.8, 4) is 0 Å². The number of hydrogen-bond acceptors (Lipinski definition) is 1. The zero-order chi connectivity index (χ0) is 13.0. The Morgan fingerprint density at radius 3 is 2.56 bits per heavy atom. The summed E-state index contributed by atoms with van der Waals surface area (Å²) in [6.45, 7) is 4.21. The molecule has 1 aromatic rings. The largest absolute Gasteiger partial charge is 0.316 e. The van der Waals surface area contributed by atoms with Crippen LogP contribution in [0.15, 0.2) is 18.2 Å². The van der Waals surface area contributed by atoms with Gasteiger partial charge in [-0.1, -0.05) is 49.0 Å². The summed E-state index contributed by atoms with van der Waals surface area (Å²) < 4.78 is 0. The molecule has 1 aliphatic rings. The summed E-state index contributed by atoms with van der Waals surface area (Å²) in [5.41, 5.74) is 1.33. The fraction of sp³-hybridized carbons (Fsp3) is 0.600. The Morgan fingerprint density at radius 1 is 1.22 bits per heavy atom. The fourth-order valence-corrected chi connectivity index (χ4v) is 3.27. The van der Waals surface area contributed by atoms with Crippen molar-refractivity contribution in [2.24, 2.45) is 5.92 Å². The lowest BCUT2D eigenvalue weighted by molar-refractivity contribution is 0.414. The Labute approximate surface area is 120 Å². The molecular formula is C15H21Cl2N. The summed E-state index contributed by atoms with van der Waals surface area (Å²) in [4.78, 5) is 0. The van der Waals surface area contributed by atoms with Crippen molar-refractivity contribution in [3.05, 3.63) is 33.8 Å². The Kier molecular flexibility index (Phi) is 5.35. The van der Waals surface area contributed by atoms with Crippen LogP contribution in [0.3, 0.4) is 0 Å². The van der Waals surface area contributed by atoms with E-state index in [0.29, 0.717) is 16.0 Å². The molecule has 1 aromatic carbocycles. The summed E-state index contributed by atoms with van der Waals surface area (Å²) in [6, 6.07) is 6.10. The SMILES string of the molecule is CCNCC(c1ccc(Cl)c(Cl)c1)C1CCCC1. The number of hydrogen-bond donors (Lipinski definition) is 1. The van der Waals surface area contributed by atoms with Crippen LogP contribution in [0.4, 0.5) is 0 Å². The van der Waals surface area contributed by atoms with E-state index < -0.39 is 0 Å². The minimum Gasteiger partial charge on any atom is -0.316 e. The second kappa shape index (κ2) is 6.79. The number of rotatable bonds is 5. The predicted octanol–water partition coefficient (Wildman–Crippen LogP) is 4.88. The molecular weight excluding hydrogens is 265 g/mol. The lowest BCUT2D eigenvalue weighted by Crippen LogP contribution is -2.25. The fourth-order valence-electron chi connectivity index (χ4n) is 2.96. The van der Waals surface area contributed by atoms with Gasteiger partial charge in [0.15, 0.2) is 0 Å². The van der Waals surface area contributed by atoms with Crippen LogP contribution in [-0.4, -0.2) is 13.1 Å². The Hall–Kier alpha value is -0.240. The summed E-state index contributed by atoms with van der Waals surface area (Å²) in [7, 11) is 0. The van der Waals surface area contributed by atoms with Crippen molar-refractivity contribution in [2.45, 2.75) is 38.5 Å². The molecule has 2 rings (SSSR count). The summed E-state index contributed by atoms with van der Waals surface area (Å²) in [5, 5.41) is 4.80. The molecule has 1 fully saturated rings. The van der Waals surface area contributed by atoms with Gasteiger partial charge in [-0.3, -0.25) is 0 Å². The first-order valence-electron chi connectivity index (χ1n) is 6.88. The second-order valence-corrected chi connectivity index (χ2v) is 5.95. The first-order valence-corrected chi connectivity index (χ1v) is 7.63. The molecule has 18 heavy (non-hydrogen) atoms. The van der Waals surface area contributed by atoms with E-state index in [9.17, 15) is 0 Å². The van der Waals surface area contributed by atoms with Gasteiger partial charge in [0.2, 0.25) is 0 Å². The molecule has 0 amide bonds. The van der Waals surface area contributed by atoms with E-state index in [1.807, 2.05) is 12.1 Å². The van der Waals surface area contributed by atoms with Gasteiger partial charge in [-0.05, 0) is 48.9 Å². The molecule has 100 valence electrons. The molecule has 1 saturated carbocycles. The molecule has 0 heterocycles. The molecule has 1 N–H and O–H groups in total. The highest BCUT2D eigenvalue weighted by molar-refractivity contribution is 6.42. The van der Waals surface area contributed by atoms with Crippen LogP contribution in [0, 0.1) is 5.92 Å². The maximum atomic E-state index is 6.15. The van der Waals surface area contributed by atoms with Crippen LogP contribution in [0.25, 0.3) is 0 Å². The van der Waals surface area contributed by atoms with Crippen LogP contribution in [0.2, 0.25) is 10.0 Å². The molecule has 0 saturated heterocycles. The minimum absolute atomic E-state index is 0.571. The number of benzene rings is 1. The zero-order valence-corrected chi connectivity index (χ0v) is 12.4. The zero-order valence-electron chi connectivity index (χ0n) is 10.9. The third kappa shape index (κ3) is 3.40. The predicted molar refractivity (Wildman–Crippen MR) is 79.7 cm³/mol. The first kappa shape index (κ1) is 14.2. The maximum absolute atomic E-state index is 6.15. The highest BCUT2D eigenvalue weighted by Gasteiger charge is 2.26. The summed E-state index contributed by atoms with van der Waals surface area (Å²) >= 11 is 12.1. The van der Waals surface area contributed by atoms with Gasteiger partial charge >= 0.3 is 0 Å². The van der Waals surface area contributed by atoms with Crippen molar-refractivity contribution in [1.82, 2.24) is 5.32 Å². The van der Waals surface area contributed by atoms with Gasteiger partial charge < -0.3 is 5.32 Å². The molecule has 3 heteroatoms. The molecule has 0 spiro atoms. The van der Waals surface area contributed by atoms with Gasteiger partial charge in [0.1, 0.15) is 0 Å². The molecule has 1 unspecified atom stereocenters. The standard InChI is InChI=1S/C15H21Cl2N/c1-2-18-10-13(11-5-3-4-6-11)12-7-8-14(16)15(17)9-12/h7-9,11,13,18H,2-6,10H2,1H3. The van der Waals surface area contributed by atoms with E-state index in [-0.39, 0.29) is 0 Å². The van der Waals surface area contributed by atoms with Crippen LogP contribution in [-0.2, 0) is 0 Å². The minimum atomic E-state index is 0.571. The Balaban J connectivity index is 2.17. The van der Waals surface area contributed by atoms with Crippen molar-refractivity contribution >= 4 is 23.2 Å². The first-order chi connectivity index (χ1) is 8.72. The van der Waals surface area contributed by atoms with Gasteiger partial charge in [0.25, 0.3) is 0 Å². The van der Waals surface area contributed by atoms with Gasteiger partial charge in [-0.25, -0.2) is 0 Å². The molecule has 1 atom stereocenters. The quantitative estimate of drug-likeness (QED) is 0.813. The van der Waals surface area contributed by atoms with Gasteiger partial charge in [-0.2, -0.15) is 0 Å². The molecule has 1 nitrogen and oxygen atoms in total. The average Bonchev–Trinajstić information content (AvgIpc) is 2.88. The monoisotopic (exact) mass is 285 g/mol. The van der Waals surface area contributed by atoms with Crippen molar-refractivity contribution in [2.75, 3.05) is 13.1 Å². The molecule has 0 bridgehead atoms. The molecule has 1 aliphatic carbocycles. The number of likely N-dealkylation sites (N-methyl/N-ethyl adjacent to an activating group) is 1. The lowest BCUT2D eigenvalue weighted by Gasteiger charge is -2.24. The van der Waals surface area contributed by atoms with Gasteiger partial charge in [0.05, 0.1) is 10.0 Å². The van der Waals surface area contributed by atoms with Crippen molar-refractivity contribution < 1.29 is 0 Å². The van der Waals surface area contributed by atoms with E-state index >= 15 is 0 Å². The lowest BCUT2D eigenvalue weighted by atomic mass is 9.85. The van der Waals surface area contributed by atoms with Gasteiger partial charge in [0, 0.05) is 6.54 Å². The molecule has 0 aliphatic heterocycles. The number of nitrogens with one attached hydrogen (secondary N) is 1. The van der Waals surface area contributed by atoms with E-state index in [0.717, 1.165) is 19.0 Å². The van der Waals surface area contributed by atoms with E-state index in [2.05, 4.69) is 18.3 Å². The molecule has 0 aromatic heterocycles. The Morgan fingerprint density at radius 2 is 1.94 bits per heavy atom. The smallest absolute Gasteiger partial charge is 0.0595 e. The average molecular weight is 286 g/mol. The highest BCUT2D eigenvalue weighted by Crippen LogP contribution is 2.38. The topological polar surface area (TPSA) is 12.0 Å². The number of halogens is 2. The van der Waals surface area contributed by atoms with E-state index in [4.69, 9.17) is 23.2 Å². The highest BCUT2D eigenvalue weighted by atomic mass is 35.5. The van der Waals surface area contributed by atoms with Crippen LogP contribution in [0.1, 0.15) is 44.1 Å². The normalized spacial score (nSPS) is 18.2. The van der Waals surface area contributed by atoms with Crippen molar-refractivity contribution in [1.29, 1.82) is 0 Å². The van der Waals surface area contributed by atoms with E-state index in [1.165, 1.54) is 31.2 Å². The third-order valence-corrected chi connectivity index (χ3v) is 4.69. The van der Waals surface area contributed by atoms with Gasteiger partial charge in [-0.15, -0.1) is 0 Å². The second-order valence-electron chi connectivity index (χ2n) is 5.13. The molecule has 0 radical (unpaired) electrons. The Bertz CT molecular complexity index is 386. The van der Waals surface area contributed by atoms with Crippen LogP contribution >= 0.6 is 23.2 Å². The summed E-state index contributed by atoms with van der Waals surface area (Å²) in [6.07, 6.45) is 5.43.